The van der Waals surface area contributed by atoms with Gasteiger partial charge in [0.05, 0.1) is 11.1 Å². The van der Waals surface area contributed by atoms with Gasteiger partial charge in [0.1, 0.15) is 11.3 Å². The number of halogens is 2. The van der Waals surface area contributed by atoms with Crippen LogP contribution in [0.15, 0.2) is 30.3 Å². The monoisotopic (exact) mass is 262 g/mol. The van der Waals surface area contributed by atoms with Crippen molar-refractivity contribution in [1.29, 1.82) is 0 Å². The topological polar surface area (TPSA) is 69.1 Å². The number of imidazole rings is 1. The third-order valence-electron chi connectivity index (χ3n) is 2.82. The molecule has 0 fully saturated rings. The molecule has 3 rings (SSSR count). The second kappa shape index (κ2) is 3.94. The highest BCUT2D eigenvalue weighted by atomic mass is 19.2. The molecular weight excluding hydrogens is 254 g/mol. The van der Waals surface area contributed by atoms with Crippen molar-refractivity contribution in [3.05, 3.63) is 42.0 Å². The maximum Gasteiger partial charge on any atom is 0.186 e. The average molecular weight is 262 g/mol. The third-order valence-corrected chi connectivity index (χ3v) is 2.82. The van der Waals surface area contributed by atoms with Crippen LogP contribution >= 0.6 is 0 Å². The lowest BCUT2D eigenvalue weighted by Crippen LogP contribution is -1.84. The van der Waals surface area contributed by atoms with Gasteiger partial charge in [0, 0.05) is 0 Å². The first-order valence-corrected chi connectivity index (χ1v) is 5.43. The number of para-hydroxylation sites is 1. The number of nitrogens with one attached hydrogen (secondary N) is 1. The van der Waals surface area contributed by atoms with Crippen LogP contribution in [0, 0.1) is 11.6 Å². The molecule has 1 heterocycles. The highest BCUT2D eigenvalue weighted by Gasteiger charge is 2.15. The Morgan fingerprint density at radius 2 is 1.84 bits per heavy atom. The summed E-state index contributed by atoms with van der Waals surface area (Å²) in [6, 6.07) is 6.66. The zero-order valence-corrected chi connectivity index (χ0v) is 9.48. The molecule has 0 amide bonds. The van der Waals surface area contributed by atoms with E-state index in [2.05, 4.69) is 9.97 Å². The Morgan fingerprint density at radius 3 is 2.63 bits per heavy atom. The van der Waals surface area contributed by atoms with E-state index in [0.29, 0.717) is 5.52 Å². The molecule has 0 unspecified atom stereocenters. The number of rotatable bonds is 1. The lowest BCUT2D eigenvalue weighted by atomic mass is 10.2. The summed E-state index contributed by atoms with van der Waals surface area (Å²) >= 11 is 0. The molecule has 0 spiro atoms. The number of phenols is 2. The van der Waals surface area contributed by atoms with E-state index in [1.807, 2.05) is 0 Å². The first kappa shape index (κ1) is 11.5. The summed E-state index contributed by atoms with van der Waals surface area (Å²) in [5.74, 6) is -2.59. The van der Waals surface area contributed by atoms with E-state index < -0.39 is 11.6 Å². The fraction of sp³-hybridized carbons (Fsp3) is 0. The molecule has 6 heteroatoms. The van der Waals surface area contributed by atoms with Gasteiger partial charge >= 0.3 is 0 Å². The second-order valence-electron chi connectivity index (χ2n) is 4.02. The van der Waals surface area contributed by atoms with E-state index in [1.54, 1.807) is 0 Å². The fourth-order valence-electron chi connectivity index (χ4n) is 1.87. The van der Waals surface area contributed by atoms with Crippen LogP contribution in [0.2, 0.25) is 0 Å². The van der Waals surface area contributed by atoms with Crippen LogP contribution in [-0.4, -0.2) is 20.2 Å². The van der Waals surface area contributed by atoms with Crippen LogP contribution in [0.3, 0.4) is 0 Å². The van der Waals surface area contributed by atoms with Gasteiger partial charge in [-0.25, -0.2) is 13.8 Å². The number of fused-ring (bicyclic) bond motifs is 1. The molecule has 3 aromatic rings. The largest absolute Gasteiger partial charge is 0.504 e. The van der Waals surface area contributed by atoms with E-state index >= 15 is 0 Å². The number of aromatic hydroxyl groups is 2. The van der Waals surface area contributed by atoms with E-state index in [9.17, 15) is 19.0 Å². The van der Waals surface area contributed by atoms with Crippen molar-refractivity contribution in [2.75, 3.05) is 0 Å². The van der Waals surface area contributed by atoms with Gasteiger partial charge < -0.3 is 15.2 Å². The van der Waals surface area contributed by atoms with Crippen molar-refractivity contribution in [2.45, 2.75) is 0 Å². The summed E-state index contributed by atoms with van der Waals surface area (Å²) in [6.07, 6.45) is 0. The van der Waals surface area contributed by atoms with Gasteiger partial charge in [-0.05, 0) is 24.3 Å². The molecule has 0 aliphatic carbocycles. The maximum atomic E-state index is 13.5. The molecule has 4 nitrogen and oxygen atoms in total. The molecule has 96 valence electrons. The van der Waals surface area contributed by atoms with Crippen molar-refractivity contribution < 1.29 is 19.0 Å². The number of phenolic OH excluding ortho intramolecular Hbond substituents is 2. The van der Waals surface area contributed by atoms with Crippen LogP contribution in [0.5, 0.6) is 11.5 Å². The summed E-state index contributed by atoms with van der Waals surface area (Å²) in [5, 5.41) is 19.1. The van der Waals surface area contributed by atoms with Crippen LogP contribution in [-0.2, 0) is 0 Å². The summed E-state index contributed by atoms with van der Waals surface area (Å²) in [5.41, 5.74) is 0.352. The highest BCUT2D eigenvalue weighted by Crippen LogP contribution is 2.35. The highest BCUT2D eigenvalue weighted by molar-refractivity contribution is 5.81. The molecule has 0 bridgehead atoms. The first-order chi connectivity index (χ1) is 9.08. The summed E-state index contributed by atoms with van der Waals surface area (Å²) in [4.78, 5) is 6.66. The minimum Gasteiger partial charge on any atom is -0.504 e. The van der Waals surface area contributed by atoms with Gasteiger partial charge in [-0.3, -0.25) is 0 Å². The molecule has 0 aliphatic heterocycles. The Kier molecular flexibility index (Phi) is 2.38. The Labute approximate surface area is 106 Å². The number of hydrogen-bond donors (Lipinski definition) is 3. The summed E-state index contributed by atoms with van der Waals surface area (Å²) in [7, 11) is 0. The van der Waals surface area contributed by atoms with E-state index in [4.69, 9.17) is 0 Å². The smallest absolute Gasteiger partial charge is 0.186 e. The maximum absolute atomic E-state index is 13.5. The number of aromatic amines is 1. The van der Waals surface area contributed by atoms with Crippen molar-refractivity contribution in [3.63, 3.8) is 0 Å². The molecule has 0 saturated carbocycles. The Bertz CT molecular complexity index is 784. The Hall–Kier alpha value is -2.63. The zero-order valence-electron chi connectivity index (χ0n) is 9.48. The van der Waals surface area contributed by atoms with Crippen molar-refractivity contribution >= 4 is 11.0 Å². The number of nitrogens with zero attached hydrogens (tertiary/aromatic N) is 1. The van der Waals surface area contributed by atoms with Gasteiger partial charge in [0.15, 0.2) is 23.1 Å². The van der Waals surface area contributed by atoms with Crippen LogP contribution in [0.25, 0.3) is 22.4 Å². The summed E-state index contributed by atoms with van der Waals surface area (Å²) in [6.45, 7) is 0. The number of hydrogen-bond acceptors (Lipinski definition) is 3. The van der Waals surface area contributed by atoms with Gasteiger partial charge in [-0.15, -0.1) is 0 Å². The predicted octanol–water partition coefficient (Wildman–Crippen LogP) is 2.92. The van der Waals surface area contributed by atoms with Crippen molar-refractivity contribution in [2.24, 2.45) is 0 Å². The minimum atomic E-state index is -1.06. The van der Waals surface area contributed by atoms with Crippen LogP contribution < -0.4 is 0 Å². The van der Waals surface area contributed by atoms with Crippen molar-refractivity contribution in [1.82, 2.24) is 9.97 Å². The van der Waals surface area contributed by atoms with Crippen molar-refractivity contribution in [3.8, 4) is 22.9 Å². The van der Waals surface area contributed by atoms with E-state index in [-0.39, 0.29) is 28.4 Å². The lowest BCUT2D eigenvalue weighted by Gasteiger charge is -2.02. The normalized spacial score (nSPS) is 11.1. The molecule has 1 aromatic heterocycles. The minimum absolute atomic E-state index is 0.146. The lowest BCUT2D eigenvalue weighted by molar-refractivity contribution is 0.405. The molecule has 0 radical (unpaired) electrons. The van der Waals surface area contributed by atoms with Gasteiger partial charge in [0.2, 0.25) is 0 Å². The van der Waals surface area contributed by atoms with Crippen LogP contribution in [0.4, 0.5) is 8.78 Å². The Balaban J connectivity index is 2.27. The standard InChI is InChI=1S/C13H8F2N2O2/c14-7-4-5-8-11(10(7)15)17-13(16-8)6-2-1-3-9(18)12(6)19/h1-5,18-19H,(H,16,17). The van der Waals surface area contributed by atoms with Gasteiger partial charge in [-0.2, -0.15) is 0 Å². The van der Waals surface area contributed by atoms with Gasteiger partial charge in [0.25, 0.3) is 0 Å². The van der Waals surface area contributed by atoms with E-state index in [1.165, 1.54) is 24.3 Å². The quantitative estimate of drug-likeness (QED) is 0.590. The number of aromatic nitrogens is 2. The fourth-order valence-corrected chi connectivity index (χ4v) is 1.87. The SMILES string of the molecule is Oc1cccc(-c2nc3c(F)c(F)ccc3[nH]2)c1O. The average Bonchev–Trinajstić information content (AvgIpc) is 2.82. The molecule has 2 aromatic carbocycles. The van der Waals surface area contributed by atoms with Gasteiger partial charge in [-0.1, -0.05) is 6.07 Å². The number of H-pyrrole nitrogens is 1. The molecule has 0 atom stereocenters. The molecule has 19 heavy (non-hydrogen) atoms. The Morgan fingerprint density at radius 1 is 1.05 bits per heavy atom. The first-order valence-electron chi connectivity index (χ1n) is 5.43. The van der Waals surface area contributed by atoms with E-state index in [0.717, 1.165) is 6.07 Å². The zero-order chi connectivity index (χ0) is 13.6. The predicted molar refractivity (Wildman–Crippen MR) is 64.8 cm³/mol. The third kappa shape index (κ3) is 1.69. The molecular formula is C13H8F2N2O2. The molecule has 0 aliphatic rings. The van der Waals surface area contributed by atoms with Crippen LogP contribution in [0.1, 0.15) is 0 Å². The molecule has 0 saturated heterocycles. The summed E-state index contributed by atoms with van der Waals surface area (Å²) < 4.78 is 26.6. The second-order valence-corrected chi connectivity index (χ2v) is 4.02. The number of benzene rings is 2. The molecule has 3 N–H and O–H groups in total.